The number of nitrogens with zero attached hydrogens (tertiary/aromatic N) is 4. The molecule has 0 atom stereocenters. The molecule has 0 fully saturated rings. The molecule has 28 heavy (non-hydrogen) atoms. The minimum atomic E-state index is -0.473. The fourth-order valence-electron chi connectivity index (χ4n) is 1.37. The summed E-state index contributed by atoms with van der Waals surface area (Å²) in [6.07, 6.45) is 1.15. The van der Waals surface area contributed by atoms with Crippen LogP contribution in [0.1, 0.15) is 117 Å². The van der Waals surface area contributed by atoms with Crippen LogP contribution in [0.25, 0.3) is 10.6 Å². The second kappa shape index (κ2) is 14.3. The Kier molecular flexibility index (Phi) is 16.7. The first kappa shape index (κ1) is 32.9. The van der Waals surface area contributed by atoms with E-state index in [1.165, 1.54) is 5.92 Å². The maximum absolute atomic E-state index is 4.65. The molecule has 172 valence electrons. The molecule has 4 nitrogen and oxygen atoms in total. The Balaban J connectivity index is -0.000000378. The Morgan fingerprint density at radius 2 is 0.929 bits per heavy atom. The molecule has 0 unspecified atom stereocenters. The Morgan fingerprint density at radius 3 is 1.07 bits per heavy atom. The van der Waals surface area contributed by atoms with E-state index in [1.54, 1.807) is 0 Å². The number of rotatable bonds is 3. The van der Waals surface area contributed by atoms with Crippen molar-refractivity contribution in [1.82, 2.24) is 0 Å². The van der Waals surface area contributed by atoms with Gasteiger partial charge >= 0.3 is 77.8 Å². The summed E-state index contributed by atoms with van der Waals surface area (Å²) in [4.78, 5) is 0. The van der Waals surface area contributed by atoms with Gasteiger partial charge in [-0.2, -0.15) is 20.8 Å². The summed E-state index contributed by atoms with van der Waals surface area (Å²) in [7, 11) is 0. The molecule has 0 aliphatic carbocycles. The summed E-state index contributed by atoms with van der Waals surface area (Å²) in [5.41, 5.74) is 0.263. The molecular weight excluding hydrogens is 428 g/mol. The van der Waals surface area contributed by atoms with Crippen molar-refractivity contribution in [3.05, 3.63) is 16.6 Å². The van der Waals surface area contributed by atoms with Crippen LogP contribution >= 0.6 is 0 Å². The molecule has 0 spiro atoms. The Bertz CT molecular complexity index is 400. The van der Waals surface area contributed by atoms with Gasteiger partial charge < -0.3 is 16.6 Å². The van der Waals surface area contributed by atoms with Gasteiger partial charge in [-0.25, -0.2) is 6.17 Å². The van der Waals surface area contributed by atoms with Crippen molar-refractivity contribution in [2.45, 2.75) is 146 Å². The summed E-state index contributed by atoms with van der Waals surface area (Å²) < 4.78 is 9.01. The van der Waals surface area contributed by atoms with Crippen molar-refractivity contribution in [1.29, 1.82) is 0 Å². The van der Waals surface area contributed by atoms with Crippen molar-refractivity contribution in [2.75, 3.05) is 0 Å². The van der Waals surface area contributed by atoms with Crippen LogP contribution in [0.4, 0.5) is 0 Å². The van der Waals surface area contributed by atoms with Gasteiger partial charge in [0, 0.05) is 0 Å². The van der Waals surface area contributed by atoms with E-state index < -0.39 is 18.2 Å². The van der Waals surface area contributed by atoms with Crippen LogP contribution in [0, 0.1) is 5.92 Å². The van der Waals surface area contributed by atoms with Gasteiger partial charge in [-0.1, -0.05) is 54.9 Å². The average molecular weight is 480 g/mol. The first-order chi connectivity index (χ1) is 12.1. The Hall–Kier alpha value is 0.208. The van der Waals surface area contributed by atoms with Gasteiger partial charge in [0.15, 0.2) is 0 Å². The molecule has 0 aromatic rings. The van der Waals surface area contributed by atoms with E-state index in [9.17, 15) is 0 Å². The van der Waals surface area contributed by atoms with Gasteiger partial charge in [0.2, 0.25) is 0 Å². The fourth-order valence-corrected chi connectivity index (χ4v) is 2.68. The Morgan fingerprint density at radius 1 is 0.679 bits per heavy atom. The maximum atomic E-state index is 4.65. The van der Waals surface area contributed by atoms with Gasteiger partial charge in [-0.05, 0) is 0 Å². The van der Waals surface area contributed by atoms with Gasteiger partial charge in [0.05, 0.1) is 0 Å². The second-order valence-electron chi connectivity index (χ2n) is 11.6. The molecule has 0 aliphatic rings. The minimum absolute atomic E-state index is 0.0232. The molecule has 0 heterocycles. The molecule has 5 heteroatoms. The van der Waals surface area contributed by atoms with Crippen molar-refractivity contribution < 1.29 is 18.2 Å². The molecule has 0 saturated carbocycles. The van der Waals surface area contributed by atoms with Crippen LogP contribution in [0.3, 0.4) is 0 Å². The molecule has 0 N–H and O–H groups in total. The smallest absolute Gasteiger partial charge is 0.0684 e. The molecule has 0 radical (unpaired) electrons. The number of hydrogen-bond acceptors (Lipinski definition) is 2. The summed E-state index contributed by atoms with van der Waals surface area (Å²) in [6, 6.07) is 0. The van der Waals surface area contributed by atoms with E-state index in [0.717, 1.165) is 6.42 Å². The zero-order chi connectivity index (χ0) is 23.4. The number of hydrogen-bond donors (Lipinski definition) is 0. The van der Waals surface area contributed by atoms with Crippen LogP contribution in [-0.2, 0) is 18.2 Å². The largest absolute Gasteiger partial charge is 0.673 e. The van der Waals surface area contributed by atoms with E-state index in [-0.39, 0.29) is 28.3 Å². The monoisotopic (exact) mass is 481 g/mol. The van der Waals surface area contributed by atoms with E-state index in [4.69, 9.17) is 0 Å². The van der Waals surface area contributed by atoms with E-state index in [1.807, 2.05) is 0 Å². The molecule has 0 bridgehead atoms. The predicted octanol–water partition coefficient (Wildman–Crippen LogP) is 8.72. The van der Waals surface area contributed by atoms with Crippen molar-refractivity contribution >= 4 is 0 Å². The normalized spacial score (nSPS) is 12.6. The summed E-state index contributed by atoms with van der Waals surface area (Å²) >= 11 is -0.473. The SMILES string of the molecule is CC(C)(C)[N]=[Mo]=[N]C(C)(C)C.CCC([N-]C(C)(C)C)[N-]C(C)(C)C.C[C-](C)C. The standard InChI is InChI=1S/C11H24N2.2C4H9N.C4H9.Mo/c1-8-9(12-10(2,3)4)13-11(5,6)7;2*1-4(2,3)5;1-4(2)3;/h9H,8H2,1-7H3;2*1-3H3;1-3H3;/q-2;;;-1;. The molecule has 0 aromatic carbocycles. The van der Waals surface area contributed by atoms with Crippen LogP contribution in [0.5, 0.6) is 0 Å². The minimum Gasteiger partial charge on any atom is -0.673 e. The summed E-state index contributed by atoms with van der Waals surface area (Å²) in [5, 5.41) is 9.29. The zero-order valence-electron chi connectivity index (χ0n) is 22.0. The fraction of sp³-hybridized carbons (Fsp3) is 0.957. The third-order valence-electron chi connectivity index (χ3n) is 2.07. The molecule has 0 aliphatic heterocycles. The van der Waals surface area contributed by atoms with E-state index >= 15 is 0 Å². The molecular formula is C23H51MoN4-3. The Labute approximate surface area is 187 Å². The van der Waals surface area contributed by atoms with Crippen molar-refractivity contribution in [2.24, 2.45) is 6.99 Å². The van der Waals surface area contributed by atoms with Gasteiger partial charge in [0.1, 0.15) is 0 Å². The van der Waals surface area contributed by atoms with Crippen LogP contribution < -0.4 is 0 Å². The zero-order valence-corrected chi connectivity index (χ0v) is 24.0. The molecule has 0 saturated heterocycles. The van der Waals surface area contributed by atoms with E-state index in [2.05, 4.69) is 128 Å². The topological polar surface area (TPSA) is 52.9 Å². The maximum Gasteiger partial charge on any atom is -0.0684 e. The summed E-state index contributed by atoms with van der Waals surface area (Å²) in [6.45, 7) is 33.8. The summed E-state index contributed by atoms with van der Waals surface area (Å²) in [5.74, 6) is 1.42. The van der Waals surface area contributed by atoms with Gasteiger partial charge in [-0.15, -0.1) is 11.1 Å². The first-order valence-corrected chi connectivity index (χ1v) is 12.2. The second-order valence-corrected chi connectivity index (χ2v) is 12.9. The van der Waals surface area contributed by atoms with Crippen LogP contribution in [-0.4, -0.2) is 28.3 Å². The molecule has 0 rings (SSSR count). The van der Waals surface area contributed by atoms with Crippen molar-refractivity contribution in [3.63, 3.8) is 0 Å². The molecule has 0 amide bonds. The van der Waals surface area contributed by atoms with Crippen molar-refractivity contribution in [3.8, 4) is 0 Å². The van der Waals surface area contributed by atoms with Crippen LogP contribution in [0.2, 0.25) is 0 Å². The molecule has 0 aromatic heterocycles. The van der Waals surface area contributed by atoms with Crippen LogP contribution in [0.15, 0.2) is 6.99 Å². The third kappa shape index (κ3) is 40.8. The quantitative estimate of drug-likeness (QED) is 0.287. The van der Waals surface area contributed by atoms with E-state index in [0.29, 0.717) is 0 Å². The first-order valence-electron chi connectivity index (χ1n) is 10.4. The average Bonchev–Trinajstić information content (AvgIpc) is 2.31. The predicted molar refractivity (Wildman–Crippen MR) is 125 cm³/mol. The third-order valence-corrected chi connectivity index (χ3v) is 5.16. The van der Waals surface area contributed by atoms with Gasteiger partial charge in [0.25, 0.3) is 0 Å². The van der Waals surface area contributed by atoms with Gasteiger partial charge in [-0.3, -0.25) is 0 Å².